The van der Waals surface area contributed by atoms with Crippen molar-refractivity contribution < 1.29 is 14.7 Å². The molecule has 6 heteroatoms. The maximum atomic E-state index is 12.0. The van der Waals surface area contributed by atoms with Gasteiger partial charge >= 0.3 is 5.97 Å². The number of halogens is 1. The predicted octanol–water partition coefficient (Wildman–Crippen LogP) is 2.55. The Kier molecular flexibility index (Phi) is 4.45. The van der Waals surface area contributed by atoms with Crippen LogP contribution in [-0.2, 0) is 6.54 Å². The number of amides is 1. The zero-order chi connectivity index (χ0) is 15.4. The molecule has 21 heavy (non-hydrogen) atoms. The first kappa shape index (κ1) is 14.9. The molecule has 0 aliphatic carbocycles. The largest absolute Gasteiger partial charge is 0.478 e. The standard InChI is InChI=1S/C15H13ClN2O3/c16-11-3-1-2-9(6-11)8-18-14(19)10-4-5-12(15(20)21)13(17)7-10/h1-7H,8,17H2,(H,18,19)(H,20,21). The van der Waals surface area contributed by atoms with Crippen molar-refractivity contribution in [2.45, 2.75) is 6.54 Å². The van der Waals surface area contributed by atoms with Crippen LogP contribution in [0.4, 0.5) is 5.69 Å². The summed E-state index contributed by atoms with van der Waals surface area (Å²) in [5, 5.41) is 12.2. The summed E-state index contributed by atoms with van der Waals surface area (Å²) >= 11 is 5.86. The van der Waals surface area contributed by atoms with Gasteiger partial charge in [-0.15, -0.1) is 0 Å². The minimum absolute atomic E-state index is 0.0265. The number of carboxylic acids is 1. The highest BCUT2D eigenvalue weighted by Gasteiger charge is 2.11. The van der Waals surface area contributed by atoms with E-state index in [-0.39, 0.29) is 17.2 Å². The van der Waals surface area contributed by atoms with Crippen LogP contribution in [0, 0.1) is 0 Å². The normalized spacial score (nSPS) is 10.1. The topological polar surface area (TPSA) is 92.4 Å². The Morgan fingerprint density at radius 2 is 1.95 bits per heavy atom. The number of hydrogen-bond acceptors (Lipinski definition) is 3. The number of hydrogen-bond donors (Lipinski definition) is 3. The molecule has 0 saturated heterocycles. The van der Waals surface area contributed by atoms with E-state index in [9.17, 15) is 9.59 Å². The van der Waals surface area contributed by atoms with Gasteiger partial charge in [-0.25, -0.2) is 4.79 Å². The van der Waals surface area contributed by atoms with E-state index in [0.717, 1.165) is 5.56 Å². The molecule has 0 spiro atoms. The lowest BCUT2D eigenvalue weighted by Gasteiger charge is -2.07. The molecule has 0 bridgehead atoms. The fraction of sp³-hybridized carbons (Fsp3) is 0.0667. The quantitative estimate of drug-likeness (QED) is 0.757. The molecule has 1 amide bonds. The number of nitrogens with two attached hydrogens (primary N) is 1. The highest BCUT2D eigenvalue weighted by molar-refractivity contribution is 6.30. The zero-order valence-electron chi connectivity index (χ0n) is 11.0. The van der Waals surface area contributed by atoms with E-state index in [4.69, 9.17) is 22.4 Å². The summed E-state index contributed by atoms with van der Waals surface area (Å²) < 4.78 is 0. The molecule has 5 nitrogen and oxygen atoms in total. The van der Waals surface area contributed by atoms with Gasteiger partial charge < -0.3 is 16.2 Å². The second-order valence-corrected chi connectivity index (χ2v) is 4.86. The van der Waals surface area contributed by atoms with Crippen molar-refractivity contribution in [3.8, 4) is 0 Å². The van der Waals surface area contributed by atoms with Gasteiger partial charge in [0.1, 0.15) is 0 Å². The van der Waals surface area contributed by atoms with Gasteiger partial charge in [0.15, 0.2) is 0 Å². The zero-order valence-corrected chi connectivity index (χ0v) is 11.7. The van der Waals surface area contributed by atoms with Crippen molar-refractivity contribution in [1.29, 1.82) is 0 Å². The summed E-state index contributed by atoms with van der Waals surface area (Å²) in [6, 6.07) is 11.2. The lowest BCUT2D eigenvalue weighted by atomic mass is 10.1. The average Bonchev–Trinajstić information content (AvgIpc) is 2.44. The fourth-order valence-corrected chi connectivity index (χ4v) is 2.04. The van der Waals surface area contributed by atoms with Crippen LogP contribution in [0.15, 0.2) is 42.5 Å². The number of anilines is 1. The number of carbonyl (C=O) groups excluding carboxylic acids is 1. The molecule has 4 N–H and O–H groups in total. The molecular formula is C15H13ClN2O3. The van der Waals surface area contributed by atoms with Crippen molar-refractivity contribution in [3.05, 3.63) is 64.2 Å². The van der Waals surface area contributed by atoms with E-state index in [1.807, 2.05) is 6.07 Å². The Morgan fingerprint density at radius 3 is 2.57 bits per heavy atom. The minimum Gasteiger partial charge on any atom is -0.478 e. The Labute approximate surface area is 126 Å². The minimum atomic E-state index is -1.13. The van der Waals surface area contributed by atoms with Crippen molar-refractivity contribution >= 4 is 29.2 Å². The van der Waals surface area contributed by atoms with Crippen LogP contribution in [0.1, 0.15) is 26.3 Å². The molecule has 2 aromatic carbocycles. The number of nitrogens with one attached hydrogen (secondary N) is 1. The smallest absolute Gasteiger partial charge is 0.337 e. The molecule has 0 aliphatic heterocycles. The fourth-order valence-electron chi connectivity index (χ4n) is 1.83. The summed E-state index contributed by atoms with van der Waals surface area (Å²) in [6.07, 6.45) is 0. The average molecular weight is 305 g/mol. The summed E-state index contributed by atoms with van der Waals surface area (Å²) in [7, 11) is 0. The molecule has 0 aromatic heterocycles. The Morgan fingerprint density at radius 1 is 1.19 bits per heavy atom. The molecule has 2 aromatic rings. The van der Waals surface area contributed by atoms with Gasteiger partial charge in [0, 0.05) is 22.8 Å². The van der Waals surface area contributed by atoms with E-state index in [1.165, 1.54) is 18.2 Å². The van der Waals surface area contributed by atoms with Crippen molar-refractivity contribution in [2.24, 2.45) is 0 Å². The second kappa shape index (κ2) is 6.28. The predicted molar refractivity (Wildman–Crippen MR) is 80.4 cm³/mol. The van der Waals surface area contributed by atoms with Crippen LogP contribution >= 0.6 is 11.6 Å². The van der Waals surface area contributed by atoms with E-state index in [1.54, 1.807) is 18.2 Å². The van der Waals surface area contributed by atoms with Crippen molar-refractivity contribution in [1.82, 2.24) is 5.32 Å². The van der Waals surface area contributed by atoms with Crippen LogP contribution < -0.4 is 11.1 Å². The van der Waals surface area contributed by atoms with Crippen molar-refractivity contribution in [3.63, 3.8) is 0 Å². The van der Waals surface area contributed by atoms with Crippen LogP contribution in [0.3, 0.4) is 0 Å². The van der Waals surface area contributed by atoms with Gasteiger partial charge in [-0.05, 0) is 35.9 Å². The number of benzene rings is 2. The summed E-state index contributed by atoms with van der Waals surface area (Å²) in [6.45, 7) is 0.319. The first-order valence-electron chi connectivity index (χ1n) is 6.13. The third kappa shape index (κ3) is 3.73. The number of nitrogen functional groups attached to an aromatic ring is 1. The van der Waals surface area contributed by atoms with Crippen LogP contribution in [-0.4, -0.2) is 17.0 Å². The molecule has 0 radical (unpaired) electrons. The van der Waals surface area contributed by atoms with Crippen LogP contribution in [0.2, 0.25) is 5.02 Å². The van der Waals surface area contributed by atoms with Gasteiger partial charge in [-0.3, -0.25) is 4.79 Å². The van der Waals surface area contributed by atoms with Crippen LogP contribution in [0.5, 0.6) is 0 Å². The first-order chi connectivity index (χ1) is 9.97. The molecule has 0 saturated carbocycles. The van der Waals surface area contributed by atoms with Crippen molar-refractivity contribution in [2.75, 3.05) is 5.73 Å². The second-order valence-electron chi connectivity index (χ2n) is 4.42. The Bertz CT molecular complexity index is 701. The summed E-state index contributed by atoms with van der Waals surface area (Å²) in [5.74, 6) is -1.46. The monoisotopic (exact) mass is 304 g/mol. The number of rotatable bonds is 4. The maximum absolute atomic E-state index is 12.0. The molecule has 0 heterocycles. The molecule has 0 atom stereocenters. The molecule has 0 fully saturated rings. The van der Waals surface area contributed by atoms with E-state index < -0.39 is 5.97 Å². The number of carbonyl (C=O) groups is 2. The van der Waals surface area contributed by atoms with E-state index in [0.29, 0.717) is 17.1 Å². The summed E-state index contributed by atoms with van der Waals surface area (Å²) in [4.78, 5) is 22.8. The highest BCUT2D eigenvalue weighted by atomic mass is 35.5. The SMILES string of the molecule is Nc1cc(C(=O)NCc2cccc(Cl)c2)ccc1C(=O)O. The van der Waals surface area contributed by atoms with E-state index in [2.05, 4.69) is 5.32 Å². The van der Waals surface area contributed by atoms with Crippen LogP contribution in [0.25, 0.3) is 0 Å². The molecular weight excluding hydrogens is 292 g/mol. The summed E-state index contributed by atoms with van der Waals surface area (Å²) in [5.41, 5.74) is 6.81. The number of carboxylic acid groups (broad SMARTS) is 1. The molecule has 108 valence electrons. The molecule has 0 aliphatic rings. The third-order valence-electron chi connectivity index (χ3n) is 2.89. The Hall–Kier alpha value is -2.53. The Balaban J connectivity index is 2.07. The first-order valence-corrected chi connectivity index (χ1v) is 6.50. The lowest BCUT2D eigenvalue weighted by molar-refractivity contribution is 0.0697. The van der Waals surface area contributed by atoms with E-state index >= 15 is 0 Å². The molecule has 2 rings (SSSR count). The third-order valence-corrected chi connectivity index (χ3v) is 3.12. The van der Waals surface area contributed by atoms with Gasteiger partial charge in [-0.2, -0.15) is 0 Å². The lowest BCUT2D eigenvalue weighted by Crippen LogP contribution is -2.23. The van der Waals surface area contributed by atoms with Gasteiger partial charge in [0.2, 0.25) is 0 Å². The number of aromatic carboxylic acids is 1. The highest BCUT2D eigenvalue weighted by Crippen LogP contribution is 2.15. The van der Waals surface area contributed by atoms with Gasteiger partial charge in [0.05, 0.1) is 5.56 Å². The maximum Gasteiger partial charge on any atom is 0.337 e. The molecule has 0 unspecified atom stereocenters. The van der Waals surface area contributed by atoms with Gasteiger partial charge in [0.25, 0.3) is 5.91 Å². The van der Waals surface area contributed by atoms with Gasteiger partial charge in [-0.1, -0.05) is 23.7 Å².